The SMILES string of the molecule is Cc1ccc(NC(=O)c2ccco2)cc1NC(=O)C(c1ccccc1)c1ccccc1. The molecule has 0 aliphatic carbocycles. The van der Waals surface area contributed by atoms with Gasteiger partial charge in [0.2, 0.25) is 5.91 Å². The van der Waals surface area contributed by atoms with Crippen LogP contribution in [0.15, 0.2) is 102 Å². The highest BCUT2D eigenvalue weighted by Gasteiger charge is 2.23. The number of hydrogen-bond donors (Lipinski definition) is 2. The van der Waals surface area contributed by atoms with E-state index in [0.717, 1.165) is 16.7 Å². The van der Waals surface area contributed by atoms with Crippen LogP contribution in [0.4, 0.5) is 11.4 Å². The molecule has 0 atom stereocenters. The van der Waals surface area contributed by atoms with Crippen LogP contribution in [0, 0.1) is 6.92 Å². The average molecular weight is 410 g/mol. The summed E-state index contributed by atoms with van der Waals surface area (Å²) in [5, 5.41) is 5.84. The molecule has 0 saturated carbocycles. The summed E-state index contributed by atoms with van der Waals surface area (Å²) in [6.45, 7) is 1.91. The van der Waals surface area contributed by atoms with Gasteiger partial charge in [-0.3, -0.25) is 9.59 Å². The number of carbonyl (C=O) groups excluding carboxylic acids is 2. The number of benzene rings is 3. The quantitative estimate of drug-likeness (QED) is 0.434. The molecule has 31 heavy (non-hydrogen) atoms. The topological polar surface area (TPSA) is 71.3 Å². The number of aryl methyl sites for hydroxylation is 1. The van der Waals surface area contributed by atoms with Crippen molar-refractivity contribution in [1.29, 1.82) is 0 Å². The van der Waals surface area contributed by atoms with Crippen LogP contribution in [0.3, 0.4) is 0 Å². The fraction of sp³-hybridized carbons (Fsp3) is 0.0769. The van der Waals surface area contributed by atoms with Crippen molar-refractivity contribution in [3.05, 3.63) is 120 Å². The van der Waals surface area contributed by atoms with Crippen LogP contribution >= 0.6 is 0 Å². The fourth-order valence-electron chi connectivity index (χ4n) is 3.43. The molecule has 0 radical (unpaired) electrons. The minimum atomic E-state index is -0.455. The maximum atomic E-state index is 13.4. The van der Waals surface area contributed by atoms with E-state index in [-0.39, 0.29) is 17.6 Å². The highest BCUT2D eigenvalue weighted by molar-refractivity contribution is 6.03. The first kappa shape index (κ1) is 20.2. The van der Waals surface area contributed by atoms with Gasteiger partial charge in [-0.05, 0) is 47.9 Å². The Morgan fingerprint density at radius 2 is 1.42 bits per heavy atom. The second kappa shape index (κ2) is 9.13. The molecule has 0 aliphatic rings. The van der Waals surface area contributed by atoms with Crippen LogP contribution in [0.25, 0.3) is 0 Å². The summed E-state index contributed by atoms with van der Waals surface area (Å²) in [4.78, 5) is 25.7. The number of furan rings is 1. The van der Waals surface area contributed by atoms with Gasteiger partial charge in [-0.1, -0.05) is 66.7 Å². The summed E-state index contributed by atoms with van der Waals surface area (Å²) in [5.74, 6) is -0.727. The average Bonchev–Trinajstić information content (AvgIpc) is 3.33. The van der Waals surface area contributed by atoms with Crippen molar-refractivity contribution in [2.24, 2.45) is 0 Å². The van der Waals surface area contributed by atoms with E-state index in [1.807, 2.05) is 73.7 Å². The lowest BCUT2D eigenvalue weighted by atomic mass is 9.90. The summed E-state index contributed by atoms with van der Waals surface area (Å²) in [7, 11) is 0. The molecule has 5 nitrogen and oxygen atoms in total. The molecule has 4 aromatic rings. The van der Waals surface area contributed by atoms with Gasteiger partial charge >= 0.3 is 0 Å². The van der Waals surface area contributed by atoms with Gasteiger partial charge in [0, 0.05) is 11.4 Å². The van der Waals surface area contributed by atoms with Crippen LogP contribution in [-0.4, -0.2) is 11.8 Å². The minimum Gasteiger partial charge on any atom is -0.459 e. The zero-order valence-corrected chi connectivity index (χ0v) is 17.0. The monoisotopic (exact) mass is 410 g/mol. The third-order valence-corrected chi connectivity index (χ3v) is 5.03. The zero-order chi connectivity index (χ0) is 21.6. The Morgan fingerprint density at radius 1 is 0.774 bits per heavy atom. The molecular weight excluding hydrogens is 388 g/mol. The lowest BCUT2D eigenvalue weighted by Crippen LogP contribution is -2.22. The first-order valence-corrected chi connectivity index (χ1v) is 9.98. The van der Waals surface area contributed by atoms with Gasteiger partial charge in [-0.2, -0.15) is 0 Å². The van der Waals surface area contributed by atoms with E-state index < -0.39 is 5.92 Å². The molecule has 4 rings (SSSR count). The summed E-state index contributed by atoms with van der Waals surface area (Å²) >= 11 is 0. The summed E-state index contributed by atoms with van der Waals surface area (Å²) < 4.78 is 5.13. The van der Waals surface area contributed by atoms with Crippen molar-refractivity contribution >= 4 is 23.2 Å². The second-order valence-corrected chi connectivity index (χ2v) is 7.20. The van der Waals surface area contributed by atoms with E-state index in [1.165, 1.54) is 6.26 Å². The van der Waals surface area contributed by atoms with E-state index in [1.54, 1.807) is 24.3 Å². The van der Waals surface area contributed by atoms with Gasteiger partial charge in [0.1, 0.15) is 0 Å². The Labute approximate surface area is 180 Å². The van der Waals surface area contributed by atoms with Gasteiger partial charge < -0.3 is 15.1 Å². The Bertz CT molecular complexity index is 1130. The van der Waals surface area contributed by atoms with Crippen molar-refractivity contribution in [1.82, 2.24) is 0 Å². The molecule has 0 spiro atoms. The molecule has 0 unspecified atom stereocenters. The molecule has 154 valence electrons. The van der Waals surface area contributed by atoms with Crippen LogP contribution < -0.4 is 10.6 Å². The Morgan fingerprint density at radius 3 is 2.00 bits per heavy atom. The molecule has 2 N–H and O–H groups in total. The maximum absolute atomic E-state index is 13.4. The molecule has 1 aromatic heterocycles. The smallest absolute Gasteiger partial charge is 0.291 e. The Balaban J connectivity index is 1.59. The zero-order valence-electron chi connectivity index (χ0n) is 17.0. The third kappa shape index (κ3) is 4.73. The predicted molar refractivity (Wildman–Crippen MR) is 121 cm³/mol. The van der Waals surface area contributed by atoms with Crippen LogP contribution in [0.1, 0.15) is 33.2 Å². The van der Waals surface area contributed by atoms with E-state index >= 15 is 0 Å². The third-order valence-electron chi connectivity index (χ3n) is 5.03. The molecule has 0 saturated heterocycles. The number of carbonyl (C=O) groups is 2. The van der Waals surface area contributed by atoms with Crippen molar-refractivity contribution < 1.29 is 14.0 Å². The van der Waals surface area contributed by atoms with Crippen molar-refractivity contribution in [3.8, 4) is 0 Å². The lowest BCUT2D eigenvalue weighted by molar-refractivity contribution is -0.116. The van der Waals surface area contributed by atoms with Gasteiger partial charge in [-0.15, -0.1) is 0 Å². The predicted octanol–water partition coefficient (Wildman–Crippen LogP) is 5.61. The number of amides is 2. The van der Waals surface area contributed by atoms with E-state index in [2.05, 4.69) is 10.6 Å². The minimum absolute atomic E-state index is 0.144. The normalized spacial score (nSPS) is 10.6. The number of rotatable bonds is 6. The maximum Gasteiger partial charge on any atom is 0.291 e. The van der Waals surface area contributed by atoms with Gasteiger partial charge in [0.25, 0.3) is 5.91 Å². The molecule has 5 heteroatoms. The van der Waals surface area contributed by atoms with Crippen LogP contribution in [0.2, 0.25) is 0 Å². The standard InChI is InChI=1S/C26H22N2O3/c1-18-14-15-21(27-25(29)23-13-8-16-31-23)17-22(18)28-26(30)24(19-9-4-2-5-10-19)20-11-6-3-7-12-20/h2-17,24H,1H3,(H,27,29)(H,28,30). The summed E-state index contributed by atoms with van der Waals surface area (Å²) in [5.41, 5.74) is 3.92. The first-order valence-electron chi connectivity index (χ1n) is 9.98. The highest BCUT2D eigenvalue weighted by atomic mass is 16.3. The fourth-order valence-corrected chi connectivity index (χ4v) is 3.43. The van der Waals surface area contributed by atoms with Crippen molar-refractivity contribution in [2.75, 3.05) is 10.6 Å². The molecule has 0 aliphatic heterocycles. The van der Waals surface area contributed by atoms with Gasteiger partial charge in [-0.25, -0.2) is 0 Å². The number of nitrogens with one attached hydrogen (secondary N) is 2. The summed E-state index contributed by atoms with van der Waals surface area (Å²) in [6, 6.07) is 28.0. The van der Waals surface area contributed by atoms with Crippen LogP contribution in [-0.2, 0) is 4.79 Å². The van der Waals surface area contributed by atoms with Crippen molar-refractivity contribution in [2.45, 2.75) is 12.8 Å². The van der Waals surface area contributed by atoms with Gasteiger partial charge in [0.05, 0.1) is 12.2 Å². The van der Waals surface area contributed by atoms with E-state index in [4.69, 9.17) is 4.42 Å². The molecule has 0 bridgehead atoms. The largest absolute Gasteiger partial charge is 0.459 e. The van der Waals surface area contributed by atoms with Crippen LogP contribution in [0.5, 0.6) is 0 Å². The molecule has 2 amide bonds. The Hall–Kier alpha value is -4.12. The number of hydrogen-bond acceptors (Lipinski definition) is 3. The van der Waals surface area contributed by atoms with E-state index in [0.29, 0.717) is 11.4 Å². The molecular formula is C26H22N2O3. The number of anilines is 2. The van der Waals surface area contributed by atoms with Gasteiger partial charge in [0.15, 0.2) is 5.76 Å². The molecule has 3 aromatic carbocycles. The molecule has 0 fully saturated rings. The van der Waals surface area contributed by atoms with E-state index in [9.17, 15) is 9.59 Å². The van der Waals surface area contributed by atoms with Crippen molar-refractivity contribution in [3.63, 3.8) is 0 Å². The lowest BCUT2D eigenvalue weighted by Gasteiger charge is -2.19. The second-order valence-electron chi connectivity index (χ2n) is 7.20. The Kier molecular flexibility index (Phi) is 5.94. The summed E-state index contributed by atoms with van der Waals surface area (Å²) in [6.07, 6.45) is 1.45. The first-order chi connectivity index (χ1) is 15.1. The molecule has 1 heterocycles. The highest BCUT2D eigenvalue weighted by Crippen LogP contribution is 2.28.